The maximum absolute atomic E-state index is 13.1. The molecule has 4 N–H and O–H groups in total. The molecule has 0 spiro atoms. The molecule has 2 unspecified atom stereocenters. The van der Waals surface area contributed by atoms with Crippen LogP contribution in [-0.4, -0.2) is 83.8 Å². The second kappa shape index (κ2) is 30.4. The summed E-state index contributed by atoms with van der Waals surface area (Å²) in [6.45, 7) is 27.5. The number of nitrogens with zero attached hydrogens (tertiary/aromatic N) is 1. The molecule has 12 heteroatoms. The quantitative estimate of drug-likeness (QED) is 0.182. The van der Waals surface area contributed by atoms with E-state index in [2.05, 4.69) is 55.9 Å². The minimum Gasteiger partial charge on any atom is -0.444 e. The van der Waals surface area contributed by atoms with E-state index in [9.17, 15) is 28.8 Å². The Hall–Kier alpha value is -3.18. The summed E-state index contributed by atoms with van der Waals surface area (Å²) in [5.41, 5.74) is -0.718. The van der Waals surface area contributed by atoms with E-state index in [1.807, 2.05) is 41.5 Å². The van der Waals surface area contributed by atoms with Crippen molar-refractivity contribution in [1.82, 2.24) is 26.2 Å². The summed E-state index contributed by atoms with van der Waals surface area (Å²) < 4.78 is 5.33. The first kappa shape index (κ1) is 52.2. The summed E-state index contributed by atoms with van der Waals surface area (Å²) in [4.78, 5) is 76.3. The van der Waals surface area contributed by atoms with Gasteiger partial charge in [-0.2, -0.15) is 0 Å². The molecule has 2 saturated carbocycles. The van der Waals surface area contributed by atoms with Crippen LogP contribution >= 0.6 is 0 Å². The Labute approximate surface area is 311 Å². The summed E-state index contributed by atoms with van der Waals surface area (Å²) in [7, 11) is 0. The van der Waals surface area contributed by atoms with E-state index < -0.39 is 59.7 Å². The summed E-state index contributed by atoms with van der Waals surface area (Å²) >= 11 is 0. The summed E-state index contributed by atoms with van der Waals surface area (Å²) in [6.07, 6.45) is 7.83. The molecule has 5 amide bonds. The Morgan fingerprint density at radius 1 is 0.745 bits per heavy atom. The van der Waals surface area contributed by atoms with E-state index in [0.29, 0.717) is 19.4 Å². The van der Waals surface area contributed by atoms with Crippen molar-refractivity contribution >= 4 is 35.5 Å². The van der Waals surface area contributed by atoms with E-state index in [1.165, 1.54) is 11.3 Å². The molecule has 51 heavy (non-hydrogen) atoms. The largest absolute Gasteiger partial charge is 0.444 e. The molecule has 3 aliphatic rings. The highest BCUT2D eigenvalue weighted by molar-refractivity contribution is 6.37. The van der Waals surface area contributed by atoms with Gasteiger partial charge >= 0.3 is 6.09 Å². The molecule has 0 aromatic heterocycles. The van der Waals surface area contributed by atoms with Crippen LogP contribution in [0, 0.1) is 11.8 Å². The number of hydrogen-bond donors (Lipinski definition) is 4. The third kappa shape index (κ3) is 25.4. The normalized spacial score (nSPS) is 16.8. The molecular weight excluding hydrogens is 650 g/mol. The highest BCUT2D eigenvalue weighted by atomic mass is 16.6. The van der Waals surface area contributed by atoms with Gasteiger partial charge in [-0.05, 0) is 71.1 Å². The number of alkyl carbamates (subject to hydrolysis) is 1. The predicted octanol–water partition coefficient (Wildman–Crippen LogP) is 6.69. The number of likely N-dealkylation sites (tertiary alicyclic amines) is 1. The first-order chi connectivity index (χ1) is 24.1. The summed E-state index contributed by atoms with van der Waals surface area (Å²) in [6, 6.07) is -1.58. The molecule has 2 aliphatic carbocycles. The SMILES string of the molecule is CC.CC.CC.CC(C)(C)OC(=O)NC(C(=O)NCC(=O)N1CCCC1C(=O)NCC(=O)C(=O)NC1CC1)C1CCCCC1.CC(C)C.CCC. The number of ketones is 1. The van der Waals surface area contributed by atoms with Crippen molar-refractivity contribution in [3.8, 4) is 0 Å². The number of carbonyl (C=O) groups excluding carboxylic acids is 6. The average Bonchev–Trinajstić information content (AvgIpc) is 3.77. The molecule has 1 heterocycles. The van der Waals surface area contributed by atoms with E-state index in [4.69, 9.17) is 4.74 Å². The number of nitrogens with one attached hydrogen (secondary N) is 4. The number of hydrogen-bond acceptors (Lipinski definition) is 7. The van der Waals surface area contributed by atoms with Gasteiger partial charge in [0.25, 0.3) is 5.91 Å². The minimum absolute atomic E-state index is 0.0392. The van der Waals surface area contributed by atoms with Crippen LogP contribution in [0.15, 0.2) is 0 Å². The van der Waals surface area contributed by atoms with Crippen molar-refractivity contribution in [1.29, 1.82) is 0 Å². The molecule has 0 radical (unpaired) electrons. The molecule has 1 aliphatic heterocycles. The fourth-order valence-electron chi connectivity index (χ4n) is 4.87. The molecule has 300 valence electrons. The van der Waals surface area contributed by atoms with Gasteiger partial charge in [0.1, 0.15) is 17.7 Å². The maximum Gasteiger partial charge on any atom is 0.408 e. The van der Waals surface area contributed by atoms with E-state index in [0.717, 1.165) is 50.9 Å². The third-order valence-corrected chi connectivity index (χ3v) is 6.95. The lowest BCUT2D eigenvalue weighted by Crippen LogP contribution is -2.55. The van der Waals surface area contributed by atoms with Crippen molar-refractivity contribution in [3.63, 3.8) is 0 Å². The van der Waals surface area contributed by atoms with Crippen LogP contribution in [0.3, 0.4) is 0 Å². The minimum atomic E-state index is -0.830. The summed E-state index contributed by atoms with van der Waals surface area (Å²) in [5.74, 6) is -2.10. The molecule has 3 rings (SSSR count). The van der Waals surface area contributed by atoms with Gasteiger partial charge in [0.2, 0.25) is 23.5 Å². The predicted molar refractivity (Wildman–Crippen MR) is 207 cm³/mol. The second-order valence-corrected chi connectivity index (χ2v) is 13.8. The third-order valence-electron chi connectivity index (χ3n) is 6.95. The Balaban J connectivity index is -0.00000156. The molecule has 0 bridgehead atoms. The van der Waals surface area contributed by atoms with E-state index in [1.54, 1.807) is 20.8 Å². The molecule has 3 fully saturated rings. The Morgan fingerprint density at radius 2 is 1.25 bits per heavy atom. The number of ether oxygens (including phenoxy) is 1. The second-order valence-electron chi connectivity index (χ2n) is 13.8. The number of amides is 5. The van der Waals surface area contributed by atoms with Crippen molar-refractivity contribution < 1.29 is 33.5 Å². The van der Waals surface area contributed by atoms with Gasteiger partial charge in [0, 0.05) is 12.6 Å². The van der Waals surface area contributed by atoms with Gasteiger partial charge in [-0.15, -0.1) is 0 Å². The summed E-state index contributed by atoms with van der Waals surface area (Å²) in [5, 5.41) is 10.4. The zero-order chi connectivity index (χ0) is 40.2. The van der Waals surface area contributed by atoms with Crippen molar-refractivity contribution in [2.24, 2.45) is 11.8 Å². The zero-order valence-electron chi connectivity index (χ0n) is 34.9. The molecule has 1 saturated heterocycles. The van der Waals surface area contributed by atoms with Crippen LogP contribution in [0.25, 0.3) is 0 Å². The topological polar surface area (TPSA) is 163 Å². The van der Waals surface area contributed by atoms with Gasteiger partial charge in [0.15, 0.2) is 0 Å². The molecule has 0 aromatic carbocycles. The fraction of sp³-hybridized carbons (Fsp3) is 0.846. The van der Waals surface area contributed by atoms with E-state index >= 15 is 0 Å². The molecular formula is C39H77N5O7. The van der Waals surface area contributed by atoms with Gasteiger partial charge in [-0.25, -0.2) is 4.79 Å². The molecule has 2 atom stereocenters. The highest BCUT2D eigenvalue weighted by Gasteiger charge is 2.36. The van der Waals surface area contributed by atoms with Crippen molar-refractivity contribution in [3.05, 3.63) is 0 Å². The molecule has 12 nitrogen and oxygen atoms in total. The lowest BCUT2D eigenvalue weighted by Gasteiger charge is -2.31. The highest BCUT2D eigenvalue weighted by Crippen LogP contribution is 2.27. The standard InChI is InChI=1S/C26H41N5O7.C4H10.C3H8.3C2H6/c1-26(2,3)38-25(37)30-21(16-8-5-4-6-9-16)24(36)28-15-20(33)31-13-7-10-18(31)22(34)27-14-19(32)23(35)29-17-11-12-17;1-4(2)3;1-3-2;3*1-2/h16-18,21H,4-15H2,1-3H3,(H,27,34)(H,28,36)(H,29,35)(H,30,37);4H,1-3H3;3H2,1-2H3;3*1-2H3. The van der Waals surface area contributed by atoms with E-state index in [-0.39, 0.29) is 18.5 Å². The number of rotatable bonds is 10. The van der Waals surface area contributed by atoms with Crippen LogP contribution < -0.4 is 21.3 Å². The van der Waals surface area contributed by atoms with Gasteiger partial charge in [-0.1, -0.05) is 102 Å². The number of Topliss-reactive ketones (excluding diaryl/α,β-unsaturated/α-hetero) is 1. The molecule has 0 aromatic rings. The van der Waals surface area contributed by atoms with Crippen LogP contribution in [0.4, 0.5) is 4.79 Å². The Kier molecular flexibility index (Phi) is 31.2. The van der Waals surface area contributed by atoms with Crippen molar-refractivity contribution in [2.75, 3.05) is 19.6 Å². The van der Waals surface area contributed by atoms with Crippen LogP contribution in [0.2, 0.25) is 0 Å². The smallest absolute Gasteiger partial charge is 0.408 e. The van der Waals surface area contributed by atoms with Crippen LogP contribution in [0.5, 0.6) is 0 Å². The Bertz CT molecular complexity index is 984. The van der Waals surface area contributed by atoms with Crippen LogP contribution in [-0.2, 0) is 28.7 Å². The van der Waals surface area contributed by atoms with Crippen LogP contribution in [0.1, 0.15) is 161 Å². The van der Waals surface area contributed by atoms with Gasteiger partial charge < -0.3 is 30.9 Å². The fourth-order valence-corrected chi connectivity index (χ4v) is 4.87. The first-order valence-corrected chi connectivity index (χ1v) is 19.8. The first-order valence-electron chi connectivity index (χ1n) is 19.8. The lowest BCUT2D eigenvalue weighted by atomic mass is 9.83. The van der Waals surface area contributed by atoms with Crippen molar-refractivity contribution in [2.45, 2.75) is 185 Å². The lowest BCUT2D eigenvalue weighted by molar-refractivity contribution is -0.140. The average molecular weight is 728 g/mol. The number of carbonyl (C=O) groups is 6. The van der Waals surface area contributed by atoms with Gasteiger partial charge in [-0.3, -0.25) is 24.0 Å². The zero-order valence-corrected chi connectivity index (χ0v) is 34.9. The maximum atomic E-state index is 13.1. The monoisotopic (exact) mass is 728 g/mol. The van der Waals surface area contributed by atoms with Gasteiger partial charge in [0.05, 0.1) is 13.1 Å². The Morgan fingerprint density at radius 3 is 1.73 bits per heavy atom.